The van der Waals surface area contributed by atoms with Crippen LogP contribution >= 0.6 is 11.6 Å². The first-order valence-corrected chi connectivity index (χ1v) is 5.33. The van der Waals surface area contributed by atoms with Crippen LogP contribution in [0, 0.1) is 5.82 Å². The van der Waals surface area contributed by atoms with Gasteiger partial charge in [-0.2, -0.15) is 0 Å². The van der Waals surface area contributed by atoms with Gasteiger partial charge in [0.2, 0.25) is 0 Å². The fourth-order valence-corrected chi connectivity index (χ4v) is 2.08. The summed E-state index contributed by atoms with van der Waals surface area (Å²) in [6.45, 7) is 0.969. The molecule has 1 fully saturated rings. The Labute approximate surface area is 88.3 Å². The molecule has 1 unspecified atom stereocenters. The maximum Gasteiger partial charge on any atom is 0.128 e. The Morgan fingerprint density at radius 3 is 2.93 bits per heavy atom. The van der Waals surface area contributed by atoms with Gasteiger partial charge in [-0.15, -0.1) is 0 Å². The average molecular weight is 214 g/mol. The Morgan fingerprint density at radius 1 is 1.36 bits per heavy atom. The number of piperidine rings is 1. The van der Waals surface area contributed by atoms with Gasteiger partial charge in [0.15, 0.2) is 0 Å². The van der Waals surface area contributed by atoms with Gasteiger partial charge in [0.1, 0.15) is 5.82 Å². The zero-order chi connectivity index (χ0) is 9.97. The second-order valence-corrected chi connectivity index (χ2v) is 4.10. The zero-order valence-electron chi connectivity index (χ0n) is 7.89. The molecule has 1 heterocycles. The molecule has 0 bridgehead atoms. The summed E-state index contributed by atoms with van der Waals surface area (Å²) in [7, 11) is 0. The van der Waals surface area contributed by atoms with Crippen LogP contribution in [0.5, 0.6) is 0 Å². The first-order valence-electron chi connectivity index (χ1n) is 4.96. The number of benzene rings is 1. The molecule has 0 amide bonds. The molecule has 0 saturated carbocycles. The number of hydrogen-bond acceptors (Lipinski definition) is 1. The van der Waals surface area contributed by atoms with Gasteiger partial charge in [-0.25, -0.2) is 4.39 Å². The van der Waals surface area contributed by atoms with E-state index in [4.69, 9.17) is 11.6 Å². The third-order valence-corrected chi connectivity index (χ3v) is 2.88. The van der Waals surface area contributed by atoms with Crippen LogP contribution in [0.4, 0.5) is 4.39 Å². The van der Waals surface area contributed by atoms with E-state index in [2.05, 4.69) is 5.32 Å². The highest BCUT2D eigenvalue weighted by atomic mass is 35.5. The highest BCUT2D eigenvalue weighted by Crippen LogP contribution is 2.27. The monoisotopic (exact) mass is 213 g/mol. The van der Waals surface area contributed by atoms with E-state index in [1.807, 2.05) is 0 Å². The van der Waals surface area contributed by atoms with Gasteiger partial charge in [-0.3, -0.25) is 0 Å². The van der Waals surface area contributed by atoms with Crippen molar-refractivity contribution in [3.8, 4) is 0 Å². The zero-order valence-corrected chi connectivity index (χ0v) is 8.65. The van der Waals surface area contributed by atoms with Gasteiger partial charge in [0, 0.05) is 16.6 Å². The Balaban J connectivity index is 2.24. The largest absolute Gasteiger partial charge is 0.310 e. The summed E-state index contributed by atoms with van der Waals surface area (Å²) in [4.78, 5) is 0. The molecule has 2 rings (SSSR count). The second kappa shape index (κ2) is 4.28. The van der Waals surface area contributed by atoms with E-state index in [1.54, 1.807) is 12.1 Å². The number of halogens is 2. The van der Waals surface area contributed by atoms with Crippen LogP contribution < -0.4 is 5.32 Å². The predicted molar refractivity (Wildman–Crippen MR) is 56.0 cm³/mol. The lowest BCUT2D eigenvalue weighted by molar-refractivity contribution is 0.400. The standard InChI is InChI=1S/C11H13ClFN/c12-8-4-5-10(13)9(7-8)11-3-1-2-6-14-11/h4-5,7,11,14H,1-3,6H2. The van der Waals surface area contributed by atoms with Gasteiger partial charge in [-0.1, -0.05) is 18.0 Å². The maximum atomic E-state index is 13.5. The van der Waals surface area contributed by atoms with Crippen molar-refractivity contribution >= 4 is 11.6 Å². The molecule has 3 heteroatoms. The molecule has 14 heavy (non-hydrogen) atoms. The highest BCUT2D eigenvalue weighted by Gasteiger charge is 2.18. The van der Waals surface area contributed by atoms with Gasteiger partial charge in [0.25, 0.3) is 0 Å². The van der Waals surface area contributed by atoms with E-state index in [0.29, 0.717) is 10.6 Å². The third kappa shape index (κ3) is 2.07. The lowest BCUT2D eigenvalue weighted by Crippen LogP contribution is -2.27. The molecule has 0 aromatic heterocycles. The van der Waals surface area contributed by atoms with Gasteiger partial charge < -0.3 is 5.32 Å². The van der Waals surface area contributed by atoms with E-state index in [-0.39, 0.29) is 11.9 Å². The van der Waals surface area contributed by atoms with Gasteiger partial charge in [0.05, 0.1) is 0 Å². The molecule has 1 aromatic rings. The first-order chi connectivity index (χ1) is 6.77. The number of rotatable bonds is 1. The number of hydrogen-bond donors (Lipinski definition) is 1. The SMILES string of the molecule is Fc1ccc(Cl)cc1C1CCCCN1. The topological polar surface area (TPSA) is 12.0 Å². The van der Waals surface area contributed by atoms with Gasteiger partial charge >= 0.3 is 0 Å². The Hall–Kier alpha value is -0.600. The minimum absolute atomic E-state index is 0.141. The lowest BCUT2D eigenvalue weighted by Gasteiger charge is -2.24. The molecule has 76 valence electrons. The summed E-state index contributed by atoms with van der Waals surface area (Å²) in [5, 5.41) is 3.91. The van der Waals surface area contributed by atoms with Crippen LogP contribution in [-0.2, 0) is 0 Å². The van der Waals surface area contributed by atoms with Crippen molar-refractivity contribution in [2.45, 2.75) is 25.3 Å². The summed E-state index contributed by atoms with van der Waals surface area (Å²) in [6.07, 6.45) is 3.33. The van der Waals surface area contributed by atoms with Crippen LogP contribution in [0.1, 0.15) is 30.9 Å². The van der Waals surface area contributed by atoms with Crippen LogP contribution in [0.2, 0.25) is 5.02 Å². The predicted octanol–water partition coefficient (Wildman–Crippen LogP) is 3.29. The quantitative estimate of drug-likeness (QED) is 0.755. The molecule has 1 aliphatic heterocycles. The van der Waals surface area contributed by atoms with Crippen LogP contribution in [0.15, 0.2) is 18.2 Å². The first kappa shape index (κ1) is 9.94. The average Bonchev–Trinajstić information content (AvgIpc) is 2.23. The smallest absolute Gasteiger partial charge is 0.128 e. The fourth-order valence-electron chi connectivity index (χ4n) is 1.90. The summed E-state index contributed by atoms with van der Waals surface area (Å²) >= 11 is 5.84. The van der Waals surface area contributed by atoms with Crippen molar-refractivity contribution in [1.82, 2.24) is 5.32 Å². The molecular weight excluding hydrogens is 201 g/mol. The maximum absolute atomic E-state index is 13.5. The van der Waals surface area contributed by atoms with Crippen molar-refractivity contribution in [3.63, 3.8) is 0 Å². The molecule has 0 radical (unpaired) electrons. The molecular formula is C11H13ClFN. The highest BCUT2D eigenvalue weighted by molar-refractivity contribution is 6.30. The Morgan fingerprint density at radius 2 is 2.21 bits per heavy atom. The van der Waals surface area contributed by atoms with Crippen molar-refractivity contribution in [2.75, 3.05) is 6.54 Å². The van der Waals surface area contributed by atoms with Crippen LogP contribution in [-0.4, -0.2) is 6.54 Å². The van der Waals surface area contributed by atoms with E-state index in [1.165, 1.54) is 12.5 Å². The molecule has 1 nitrogen and oxygen atoms in total. The van der Waals surface area contributed by atoms with Crippen LogP contribution in [0.25, 0.3) is 0 Å². The molecule has 1 aromatic carbocycles. The molecule has 0 spiro atoms. The molecule has 1 saturated heterocycles. The molecule has 1 N–H and O–H groups in total. The van der Waals surface area contributed by atoms with Crippen molar-refractivity contribution in [2.24, 2.45) is 0 Å². The fraction of sp³-hybridized carbons (Fsp3) is 0.455. The molecule has 1 atom stereocenters. The summed E-state index contributed by atoms with van der Waals surface area (Å²) < 4.78 is 13.5. The summed E-state index contributed by atoms with van der Waals surface area (Å²) in [6, 6.07) is 4.89. The van der Waals surface area contributed by atoms with Gasteiger partial charge in [-0.05, 0) is 37.6 Å². The van der Waals surface area contributed by atoms with Crippen molar-refractivity contribution in [3.05, 3.63) is 34.6 Å². The Bertz CT molecular complexity index is 321. The normalized spacial score (nSPS) is 22.3. The molecule has 0 aliphatic carbocycles. The lowest BCUT2D eigenvalue weighted by atomic mass is 9.97. The number of nitrogens with one attached hydrogen (secondary N) is 1. The van der Waals surface area contributed by atoms with E-state index in [9.17, 15) is 4.39 Å². The van der Waals surface area contributed by atoms with E-state index < -0.39 is 0 Å². The van der Waals surface area contributed by atoms with Crippen LogP contribution in [0.3, 0.4) is 0 Å². The Kier molecular flexibility index (Phi) is 3.04. The summed E-state index contributed by atoms with van der Waals surface area (Å²) in [5.41, 5.74) is 0.706. The second-order valence-electron chi connectivity index (χ2n) is 3.67. The van der Waals surface area contributed by atoms with E-state index >= 15 is 0 Å². The van der Waals surface area contributed by atoms with E-state index in [0.717, 1.165) is 19.4 Å². The summed E-state index contributed by atoms with van der Waals surface area (Å²) in [5.74, 6) is -0.159. The molecule has 1 aliphatic rings. The minimum Gasteiger partial charge on any atom is -0.310 e. The van der Waals surface area contributed by atoms with Crippen molar-refractivity contribution < 1.29 is 4.39 Å². The van der Waals surface area contributed by atoms with Crippen molar-refractivity contribution in [1.29, 1.82) is 0 Å². The third-order valence-electron chi connectivity index (χ3n) is 2.64. The minimum atomic E-state index is -0.159.